The summed E-state index contributed by atoms with van der Waals surface area (Å²) in [6, 6.07) is 0. The standard InChI is InChI=1S/C22H30N2O4S/c1-22(2,3)13-6-7-14-15(10-29-16(14)9-13)19(25)23-24-20(26)17-11-4-5-12(8-11)18(17)21(27)28/h10-13,17-18H,4-9H2,1-3H3,(H,23,25)(H,24,26)(H,27,28)/t11-,12-,13+,17-,18+/m0/s1. The molecule has 2 bridgehead atoms. The Morgan fingerprint density at radius 3 is 2.41 bits per heavy atom. The van der Waals surface area contributed by atoms with Gasteiger partial charge in [0.2, 0.25) is 5.91 Å². The van der Waals surface area contributed by atoms with Crippen LogP contribution in [0.1, 0.15) is 67.3 Å². The first-order valence-electron chi connectivity index (χ1n) is 10.6. The number of carbonyl (C=O) groups is 3. The van der Waals surface area contributed by atoms with Crippen molar-refractivity contribution >= 4 is 29.1 Å². The summed E-state index contributed by atoms with van der Waals surface area (Å²) >= 11 is 1.62. The highest BCUT2D eigenvalue weighted by molar-refractivity contribution is 7.10. The molecule has 158 valence electrons. The number of carboxylic acids is 1. The maximum atomic E-state index is 12.7. The molecule has 2 amide bonds. The lowest BCUT2D eigenvalue weighted by atomic mass is 9.72. The molecule has 3 aliphatic rings. The highest BCUT2D eigenvalue weighted by atomic mass is 32.1. The van der Waals surface area contributed by atoms with Crippen LogP contribution in [-0.4, -0.2) is 22.9 Å². The lowest BCUT2D eigenvalue weighted by Gasteiger charge is -2.34. The molecule has 6 nitrogen and oxygen atoms in total. The van der Waals surface area contributed by atoms with Crippen molar-refractivity contribution in [3.8, 4) is 0 Å². The minimum Gasteiger partial charge on any atom is -0.481 e. The number of hydrogen-bond acceptors (Lipinski definition) is 4. The number of carbonyl (C=O) groups excluding carboxylic acids is 2. The zero-order valence-electron chi connectivity index (χ0n) is 17.3. The van der Waals surface area contributed by atoms with E-state index in [2.05, 4.69) is 31.6 Å². The fraction of sp³-hybridized carbons (Fsp3) is 0.682. The van der Waals surface area contributed by atoms with Crippen LogP contribution in [-0.2, 0) is 22.4 Å². The van der Waals surface area contributed by atoms with E-state index in [1.807, 2.05) is 5.38 Å². The number of amides is 2. The van der Waals surface area contributed by atoms with Gasteiger partial charge in [-0.15, -0.1) is 11.3 Å². The summed E-state index contributed by atoms with van der Waals surface area (Å²) in [4.78, 5) is 38.3. The van der Waals surface area contributed by atoms with Crippen LogP contribution in [0.2, 0.25) is 0 Å². The van der Waals surface area contributed by atoms with Crippen molar-refractivity contribution in [2.45, 2.75) is 59.3 Å². The van der Waals surface area contributed by atoms with Gasteiger partial charge in [0.15, 0.2) is 0 Å². The third kappa shape index (κ3) is 3.69. The van der Waals surface area contributed by atoms with E-state index in [4.69, 9.17) is 0 Å². The lowest BCUT2D eigenvalue weighted by molar-refractivity contribution is -0.149. The maximum Gasteiger partial charge on any atom is 0.307 e. The molecular formula is C22H30N2O4S. The molecule has 4 rings (SSSR count). The van der Waals surface area contributed by atoms with Crippen LogP contribution < -0.4 is 10.9 Å². The van der Waals surface area contributed by atoms with Gasteiger partial charge in [-0.2, -0.15) is 0 Å². The summed E-state index contributed by atoms with van der Waals surface area (Å²) in [7, 11) is 0. The Labute approximate surface area is 175 Å². The minimum atomic E-state index is -0.899. The monoisotopic (exact) mass is 418 g/mol. The van der Waals surface area contributed by atoms with Gasteiger partial charge in [0.05, 0.1) is 17.4 Å². The van der Waals surface area contributed by atoms with Crippen LogP contribution in [0.15, 0.2) is 5.38 Å². The highest BCUT2D eigenvalue weighted by Gasteiger charge is 2.54. The third-order valence-electron chi connectivity index (χ3n) is 7.43. The average Bonchev–Trinajstić information content (AvgIpc) is 3.37. The average molecular weight is 419 g/mol. The predicted molar refractivity (Wildman–Crippen MR) is 110 cm³/mol. The van der Waals surface area contributed by atoms with Crippen molar-refractivity contribution in [1.82, 2.24) is 10.9 Å². The Hall–Kier alpha value is -1.89. The second-order valence-corrected chi connectivity index (χ2v) is 11.0. The summed E-state index contributed by atoms with van der Waals surface area (Å²) in [6.07, 6.45) is 5.52. The molecule has 7 heteroatoms. The summed E-state index contributed by atoms with van der Waals surface area (Å²) in [5.41, 5.74) is 7.06. The number of rotatable bonds is 3. The van der Waals surface area contributed by atoms with Gasteiger partial charge in [0.25, 0.3) is 5.91 Å². The Balaban J connectivity index is 1.39. The first-order chi connectivity index (χ1) is 13.7. The molecule has 0 radical (unpaired) electrons. The second kappa shape index (κ2) is 7.42. The van der Waals surface area contributed by atoms with Crippen molar-refractivity contribution < 1.29 is 19.5 Å². The zero-order chi connectivity index (χ0) is 20.9. The molecule has 0 aromatic carbocycles. The second-order valence-electron chi connectivity index (χ2n) is 10.0. The summed E-state index contributed by atoms with van der Waals surface area (Å²) in [5.74, 6) is -1.94. The van der Waals surface area contributed by atoms with Crippen molar-refractivity contribution in [2.75, 3.05) is 0 Å². The van der Waals surface area contributed by atoms with Gasteiger partial charge >= 0.3 is 5.97 Å². The number of hydrazine groups is 1. The van der Waals surface area contributed by atoms with Crippen LogP contribution in [0, 0.1) is 35.0 Å². The number of carboxylic acid groups (broad SMARTS) is 1. The topological polar surface area (TPSA) is 95.5 Å². The summed E-state index contributed by atoms with van der Waals surface area (Å²) < 4.78 is 0. The van der Waals surface area contributed by atoms with E-state index in [9.17, 15) is 19.5 Å². The number of thiophene rings is 1. The molecule has 0 aliphatic heterocycles. The van der Waals surface area contributed by atoms with E-state index < -0.39 is 17.8 Å². The maximum absolute atomic E-state index is 12.7. The molecule has 1 aromatic rings. The molecule has 0 saturated heterocycles. The van der Waals surface area contributed by atoms with Crippen molar-refractivity contribution in [2.24, 2.45) is 35.0 Å². The zero-order valence-corrected chi connectivity index (χ0v) is 18.1. The fourth-order valence-corrected chi connectivity index (χ4v) is 6.90. The van der Waals surface area contributed by atoms with Gasteiger partial charge in [0.1, 0.15) is 0 Å². The van der Waals surface area contributed by atoms with E-state index >= 15 is 0 Å². The molecule has 2 fully saturated rings. The predicted octanol–water partition coefficient (Wildman–Crippen LogP) is 3.41. The van der Waals surface area contributed by atoms with Gasteiger partial charge in [-0.1, -0.05) is 20.8 Å². The Kier molecular flexibility index (Phi) is 5.21. The first kappa shape index (κ1) is 20.4. The van der Waals surface area contributed by atoms with E-state index in [1.54, 1.807) is 11.3 Å². The normalized spacial score (nSPS) is 30.7. The van der Waals surface area contributed by atoms with E-state index in [0.717, 1.165) is 44.1 Å². The summed E-state index contributed by atoms with van der Waals surface area (Å²) in [5, 5.41) is 11.4. The highest BCUT2D eigenvalue weighted by Crippen LogP contribution is 2.52. The molecule has 29 heavy (non-hydrogen) atoms. The number of aliphatic carboxylic acids is 1. The fourth-order valence-electron chi connectivity index (χ4n) is 5.74. The summed E-state index contributed by atoms with van der Waals surface area (Å²) in [6.45, 7) is 6.79. The van der Waals surface area contributed by atoms with Crippen LogP contribution in [0.4, 0.5) is 0 Å². The molecule has 3 N–H and O–H groups in total. The molecular weight excluding hydrogens is 388 g/mol. The molecule has 0 spiro atoms. The van der Waals surface area contributed by atoms with Crippen LogP contribution in [0.5, 0.6) is 0 Å². The van der Waals surface area contributed by atoms with Gasteiger partial charge in [-0.25, -0.2) is 0 Å². The van der Waals surface area contributed by atoms with E-state index in [-0.39, 0.29) is 29.1 Å². The SMILES string of the molecule is CC(C)(C)[C@@H]1CCc2c(C(=O)NNC(=O)[C@H]3[C@H]4CC[C@@H](C4)[C@H]3C(=O)O)csc2C1. The third-order valence-corrected chi connectivity index (χ3v) is 8.48. The van der Waals surface area contributed by atoms with E-state index in [1.165, 1.54) is 4.88 Å². The lowest BCUT2D eigenvalue weighted by Crippen LogP contribution is -2.48. The van der Waals surface area contributed by atoms with Gasteiger partial charge in [-0.3, -0.25) is 25.2 Å². The smallest absolute Gasteiger partial charge is 0.307 e. The largest absolute Gasteiger partial charge is 0.481 e. The van der Waals surface area contributed by atoms with Crippen LogP contribution in [0.25, 0.3) is 0 Å². The molecule has 1 aromatic heterocycles. The number of nitrogens with one attached hydrogen (secondary N) is 2. The Bertz CT molecular complexity index is 840. The van der Waals surface area contributed by atoms with Crippen LogP contribution in [0.3, 0.4) is 0 Å². The number of hydrogen-bond donors (Lipinski definition) is 3. The molecule has 0 unspecified atom stereocenters. The molecule has 2 saturated carbocycles. The Morgan fingerprint density at radius 2 is 1.76 bits per heavy atom. The molecule has 5 atom stereocenters. The van der Waals surface area contributed by atoms with Gasteiger partial charge in [-0.05, 0) is 67.3 Å². The molecule has 1 heterocycles. The first-order valence-corrected chi connectivity index (χ1v) is 11.5. The quantitative estimate of drug-likeness (QED) is 0.656. The Morgan fingerprint density at radius 1 is 1.07 bits per heavy atom. The van der Waals surface area contributed by atoms with Crippen LogP contribution >= 0.6 is 11.3 Å². The van der Waals surface area contributed by atoms with Crippen molar-refractivity contribution in [3.63, 3.8) is 0 Å². The van der Waals surface area contributed by atoms with Crippen molar-refractivity contribution in [1.29, 1.82) is 0 Å². The van der Waals surface area contributed by atoms with Gasteiger partial charge in [0, 0.05) is 10.3 Å². The van der Waals surface area contributed by atoms with E-state index in [0.29, 0.717) is 11.5 Å². The van der Waals surface area contributed by atoms with Gasteiger partial charge < -0.3 is 5.11 Å². The van der Waals surface area contributed by atoms with Crippen molar-refractivity contribution in [3.05, 3.63) is 21.4 Å². The molecule has 3 aliphatic carbocycles. The number of fused-ring (bicyclic) bond motifs is 3. The minimum absolute atomic E-state index is 0.0867.